The van der Waals surface area contributed by atoms with Gasteiger partial charge in [-0.2, -0.15) is 0 Å². The van der Waals surface area contributed by atoms with Crippen LogP contribution in [0.5, 0.6) is 5.75 Å². The van der Waals surface area contributed by atoms with Crippen LogP contribution in [-0.2, 0) is 5.41 Å². The third kappa shape index (κ3) is 3.42. The fraction of sp³-hybridized carbons (Fsp3) is 0.294. The van der Waals surface area contributed by atoms with Crippen molar-refractivity contribution >= 4 is 27.5 Å². The van der Waals surface area contributed by atoms with Crippen LogP contribution in [0.25, 0.3) is 0 Å². The van der Waals surface area contributed by atoms with Gasteiger partial charge in [0.25, 0.3) is 0 Å². The van der Waals surface area contributed by atoms with Gasteiger partial charge in [-0.1, -0.05) is 45.7 Å². The Balaban J connectivity index is 1.65. The van der Waals surface area contributed by atoms with Crippen molar-refractivity contribution < 1.29 is 4.74 Å². The van der Waals surface area contributed by atoms with Crippen molar-refractivity contribution in [2.24, 2.45) is 0 Å². The van der Waals surface area contributed by atoms with Crippen molar-refractivity contribution in [1.82, 2.24) is 5.32 Å². The summed E-state index contributed by atoms with van der Waals surface area (Å²) in [5.41, 5.74) is 1.45. The first kappa shape index (κ1) is 14.9. The van der Waals surface area contributed by atoms with Gasteiger partial charge in [0.05, 0.1) is 6.61 Å². The molecule has 0 atom stereocenters. The summed E-state index contributed by atoms with van der Waals surface area (Å²) in [4.78, 5) is 0. The van der Waals surface area contributed by atoms with Gasteiger partial charge in [-0.25, -0.2) is 0 Å². The van der Waals surface area contributed by atoms with Crippen molar-refractivity contribution in [3.63, 3.8) is 0 Å². The highest BCUT2D eigenvalue weighted by atomic mass is 79.9. The maximum Gasteiger partial charge on any atom is 0.120 e. The van der Waals surface area contributed by atoms with Crippen LogP contribution >= 0.6 is 27.5 Å². The van der Waals surface area contributed by atoms with Gasteiger partial charge in [0, 0.05) is 28.0 Å². The zero-order valence-corrected chi connectivity index (χ0v) is 14.0. The number of hydrogen-bond donors (Lipinski definition) is 1. The summed E-state index contributed by atoms with van der Waals surface area (Å²) in [6.07, 6.45) is 0.979. The van der Waals surface area contributed by atoms with Crippen LogP contribution in [0.1, 0.15) is 12.0 Å². The third-order valence-electron chi connectivity index (χ3n) is 4.01. The number of ether oxygens (including phenoxy) is 1. The number of hydrogen-bond acceptors (Lipinski definition) is 2. The normalized spacial score (nSPS) is 16.3. The average Bonchev–Trinajstić information content (AvgIpc) is 2.42. The highest BCUT2D eigenvalue weighted by molar-refractivity contribution is 9.10. The quantitative estimate of drug-likeness (QED) is 0.846. The van der Waals surface area contributed by atoms with E-state index in [1.807, 2.05) is 36.4 Å². The predicted molar refractivity (Wildman–Crippen MR) is 90.3 cm³/mol. The monoisotopic (exact) mass is 365 g/mol. The van der Waals surface area contributed by atoms with Crippen molar-refractivity contribution in [2.45, 2.75) is 11.8 Å². The fourth-order valence-corrected chi connectivity index (χ4v) is 3.26. The standard InChI is InChI=1S/C17H17BrClNO/c18-14-4-2-6-16(10-14)21-8-7-17(11-20-12-17)13-3-1-5-15(19)9-13/h1-6,9-10,20H,7-8,11-12H2. The Morgan fingerprint density at radius 2 is 1.95 bits per heavy atom. The van der Waals surface area contributed by atoms with E-state index in [1.165, 1.54) is 5.56 Å². The minimum absolute atomic E-state index is 0.150. The molecule has 0 radical (unpaired) electrons. The molecule has 0 aliphatic carbocycles. The van der Waals surface area contributed by atoms with Gasteiger partial charge in [-0.3, -0.25) is 0 Å². The van der Waals surface area contributed by atoms with Crippen LogP contribution in [0.2, 0.25) is 5.02 Å². The molecule has 4 heteroatoms. The molecule has 2 nitrogen and oxygen atoms in total. The molecule has 0 bridgehead atoms. The first-order valence-corrected chi connectivity index (χ1v) is 8.20. The smallest absolute Gasteiger partial charge is 0.120 e. The summed E-state index contributed by atoms with van der Waals surface area (Å²) in [6, 6.07) is 16.1. The van der Waals surface area contributed by atoms with Gasteiger partial charge in [-0.05, 0) is 42.3 Å². The van der Waals surface area contributed by atoms with Crippen molar-refractivity contribution in [2.75, 3.05) is 19.7 Å². The molecule has 0 unspecified atom stereocenters. The van der Waals surface area contributed by atoms with E-state index < -0.39 is 0 Å². The lowest BCUT2D eigenvalue weighted by atomic mass is 9.73. The minimum atomic E-state index is 0.150. The predicted octanol–water partition coefficient (Wildman–Crippen LogP) is 4.41. The molecule has 2 aromatic carbocycles. The Bertz CT molecular complexity index is 628. The number of rotatable bonds is 5. The van der Waals surface area contributed by atoms with E-state index in [1.54, 1.807) is 0 Å². The van der Waals surface area contributed by atoms with E-state index >= 15 is 0 Å². The van der Waals surface area contributed by atoms with Crippen LogP contribution in [0.3, 0.4) is 0 Å². The summed E-state index contributed by atoms with van der Waals surface area (Å²) in [5.74, 6) is 0.901. The lowest BCUT2D eigenvalue weighted by molar-refractivity contribution is 0.199. The summed E-state index contributed by atoms with van der Waals surface area (Å²) < 4.78 is 6.92. The molecule has 1 N–H and O–H groups in total. The SMILES string of the molecule is Clc1cccc(C2(CCOc3cccc(Br)c3)CNC2)c1. The van der Waals surface area contributed by atoms with E-state index in [0.29, 0.717) is 6.61 Å². The second-order valence-electron chi connectivity index (χ2n) is 5.45. The van der Waals surface area contributed by atoms with Crippen molar-refractivity contribution in [3.05, 3.63) is 63.6 Å². The number of nitrogens with one attached hydrogen (secondary N) is 1. The molecule has 110 valence electrons. The molecule has 0 aromatic heterocycles. The second kappa shape index (κ2) is 6.39. The maximum absolute atomic E-state index is 6.12. The molecule has 0 spiro atoms. The van der Waals surface area contributed by atoms with E-state index in [9.17, 15) is 0 Å². The highest BCUT2D eigenvalue weighted by Crippen LogP contribution is 2.33. The Morgan fingerprint density at radius 3 is 2.62 bits per heavy atom. The number of halogens is 2. The third-order valence-corrected chi connectivity index (χ3v) is 4.74. The Hall–Kier alpha value is -1.03. The van der Waals surface area contributed by atoms with Crippen molar-refractivity contribution in [3.8, 4) is 5.75 Å². The van der Waals surface area contributed by atoms with E-state index in [4.69, 9.17) is 16.3 Å². The van der Waals surface area contributed by atoms with Gasteiger partial charge < -0.3 is 10.1 Å². The van der Waals surface area contributed by atoms with Crippen LogP contribution in [-0.4, -0.2) is 19.7 Å². The summed E-state index contributed by atoms with van der Waals surface area (Å²) in [7, 11) is 0. The average molecular weight is 367 g/mol. The Morgan fingerprint density at radius 1 is 1.14 bits per heavy atom. The molecule has 0 saturated carbocycles. The van der Waals surface area contributed by atoms with Crippen LogP contribution in [0.15, 0.2) is 53.0 Å². The molecule has 1 fully saturated rings. The lowest BCUT2D eigenvalue weighted by Gasteiger charge is -2.43. The first-order chi connectivity index (χ1) is 10.2. The molecule has 0 amide bonds. The topological polar surface area (TPSA) is 21.3 Å². The second-order valence-corrected chi connectivity index (χ2v) is 6.80. The largest absolute Gasteiger partial charge is 0.494 e. The molecule has 3 rings (SSSR count). The molecule has 1 aliphatic rings. The van der Waals surface area contributed by atoms with Crippen LogP contribution in [0, 0.1) is 0 Å². The van der Waals surface area contributed by atoms with Crippen LogP contribution in [0.4, 0.5) is 0 Å². The molecule has 1 heterocycles. The molecule has 1 aliphatic heterocycles. The molecule has 21 heavy (non-hydrogen) atoms. The molecular weight excluding hydrogens is 350 g/mol. The molecule has 2 aromatic rings. The maximum atomic E-state index is 6.12. The van der Waals surface area contributed by atoms with Gasteiger partial charge in [0.15, 0.2) is 0 Å². The molecule has 1 saturated heterocycles. The van der Waals surface area contributed by atoms with Gasteiger partial charge in [-0.15, -0.1) is 0 Å². The zero-order valence-electron chi connectivity index (χ0n) is 11.6. The summed E-state index contributed by atoms with van der Waals surface area (Å²) in [6.45, 7) is 2.66. The van der Waals surface area contributed by atoms with E-state index in [-0.39, 0.29) is 5.41 Å². The van der Waals surface area contributed by atoms with Gasteiger partial charge in [0.2, 0.25) is 0 Å². The van der Waals surface area contributed by atoms with Crippen molar-refractivity contribution in [1.29, 1.82) is 0 Å². The summed E-state index contributed by atoms with van der Waals surface area (Å²) >= 11 is 9.58. The number of benzene rings is 2. The Labute approximate surface area is 138 Å². The van der Waals surface area contributed by atoms with Gasteiger partial charge in [0.1, 0.15) is 5.75 Å². The van der Waals surface area contributed by atoms with E-state index in [0.717, 1.165) is 34.8 Å². The highest BCUT2D eigenvalue weighted by Gasteiger charge is 2.38. The minimum Gasteiger partial charge on any atom is -0.494 e. The lowest BCUT2D eigenvalue weighted by Crippen LogP contribution is -2.57. The van der Waals surface area contributed by atoms with E-state index in [2.05, 4.69) is 33.4 Å². The Kier molecular flexibility index (Phi) is 4.53. The molecular formula is C17H17BrClNO. The fourth-order valence-electron chi connectivity index (χ4n) is 2.69. The summed E-state index contributed by atoms with van der Waals surface area (Å²) in [5, 5.41) is 4.17. The van der Waals surface area contributed by atoms with Crippen LogP contribution < -0.4 is 10.1 Å². The van der Waals surface area contributed by atoms with Gasteiger partial charge >= 0.3 is 0 Å². The first-order valence-electron chi connectivity index (χ1n) is 7.03. The zero-order chi connectivity index (χ0) is 14.7.